The van der Waals surface area contributed by atoms with E-state index in [0.717, 1.165) is 17.5 Å². The van der Waals surface area contributed by atoms with Gasteiger partial charge in [-0.1, -0.05) is 19.4 Å². The van der Waals surface area contributed by atoms with E-state index in [2.05, 4.69) is 5.32 Å². The number of primary amides is 1. The fraction of sp³-hybridized carbons (Fsp3) is 0.524. The molecule has 5 N–H and O–H groups in total. The van der Waals surface area contributed by atoms with E-state index in [1.807, 2.05) is 32.9 Å². The molecule has 4 amide bonds. The van der Waals surface area contributed by atoms with Crippen molar-refractivity contribution in [1.82, 2.24) is 4.90 Å². The van der Waals surface area contributed by atoms with Gasteiger partial charge in [-0.25, -0.2) is 0 Å². The Morgan fingerprint density at radius 1 is 1.24 bits per heavy atom. The van der Waals surface area contributed by atoms with Gasteiger partial charge in [0.25, 0.3) is 5.91 Å². The Hall–Kier alpha value is -2.74. The van der Waals surface area contributed by atoms with Crippen LogP contribution in [0, 0.1) is 25.7 Å². The van der Waals surface area contributed by atoms with E-state index in [4.69, 9.17) is 5.73 Å². The zero-order valence-electron chi connectivity index (χ0n) is 17.0. The Balaban J connectivity index is 1.86. The lowest BCUT2D eigenvalue weighted by Crippen LogP contribution is -2.99. The van der Waals surface area contributed by atoms with Crippen molar-refractivity contribution in [2.75, 3.05) is 11.9 Å². The lowest BCUT2D eigenvalue weighted by atomic mass is 9.76. The van der Waals surface area contributed by atoms with Crippen molar-refractivity contribution >= 4 is 29.3 Å². The number of rotatable bonds is 5. The number of carbonyl (C=O) groups excluding carboxylic acids is 4. The Morgan fingerprint density at radius 2 is 1.97 bits per heavy atom. The quantitative estimate of drug-likeness (QED) is 0.586. The molecule has 0 saturated carbocycles. The maximum absolute atomic E-state index is 13.4. The predicted octanol–water partition coefficient (Wildman–Crippen LogP) is -0.327. The van der Waals surface area contributed by atoms with Crippen molar-refractivity contribution in [3.8, 4) is 0 Å². The minimum atomic E-state index is -1.24. The van der Waals surface area contributed by atoms with Gasteiger partial charge in [0.15, 0.2) is 0 Å². The van der Waals surface area contributed by atoms with Crippen molar-refractivity contribution in [3.05, 3.63) is 28.8 Å². The number of hydrogen-bond donors (Lipinski definition) is 3. The first-order valence-electron chi connectivity index (χ1n) is 10.2. The molecule has 0 radical (unpaired) electrons. The van der Waals surface area contributed by atoms with Crippen LogP contribution in [0.2, 0.25) is 0 Å². The van der Waals surface area contributed by atoms with Gasteiger partial charge < -0.3 is 16.4 Å². The average molecular weight is 399 g/mol. The fourth-order valence-corrected chi connectivity index (χ4v) is 5.30. The molecule has 0 aromatic heterocycles. The highest BCUT2D eigenvalue weighted by molar-refractivity contribution is 6.14. The van der Waals surface area contributed by atoms with Crippen molar-refractivity contribution in [2.45, 2.75) is 51.6 Å². The number of carbonyl (C=O) groups is 4. The summed E-state index contributed by atoms with van der Waals surface area (Å²) in [6.07, 6.45) is 1.49. The molecule has 3 aliphatic rings. The molecule has 8 heteroatoms. The summed E-state index contributed by atoms with van der Waals surface area (Å²) in [4.78, 5) is 52.9. The van der Waals surface area contributed by atoms with Crippen LogP contribution >= 0.6 is 0 Å². The van der Waals surface area contributed by atoms with Gasteiger partial charge in [0.05, 0.1) is 12.1 Å². The van der Waals surface area contributed by atoms with Crippen LogP contribution < -0.4 is 16.4 Å². The molecule has 154 valence electrons. The molecular formula is C21H27N4O4+. The smallest absolute Gasteiger partial charge is 0.291 e. The van der Waals surface area contributed by atoms with E-state index < -0.39 is 29.3 Å². The SMILES string of the molecule is CCCCN1C(=O)[C@H]2[C@@H](C1=O)[C@]1([NH2+][C@@H]2CC(N)=O)C(=O)Nc2c1ccc(C)c2C. The van der Waals surface area contributed by atoms with Crippen molar-refractivity contribution in [1.29, 1.82) is 0 Å². The van der Waals surface area contributed by atoms with E-state index in [0.29, 0.717) is 24.2 Å². The number of fused-ring (bicyclic) bond motifs is 4. The third kappa shape index (κ3) is 2.55. The maximum Gasteiger partial charge on any atom is 0.291 e. The molecule has 2 fully saturated rings. The summed E-state index contributed by atoms with van der Waals surface area (Å²) in [7, 11) is 0. The predicted molar refractivity (Wildman–Crippen MR) is 104 cm³/mol. The van der Waals surface area contributed by atoms with Crippen LogP contribution in [-0.4, -0.2) is 41.1 Å². The molecule has 29 heavy (non-hydrogen) atoms. The normalized spacial score (nSPS) is 30.1. The molecule has 8 nitrogen and oxygen atoms in total. The van der Waals surface area contributed by atoms with Crippen LogP contribution in [-0.2, 0) is 24.7 Å². The van der Waals surface area contributed by atoms with Gasteiger partial charge in [-0.3, -0.25) is 24.1 Å². The van der Waals surface area contributed by atoms with Crippen molar-refractivity contribution < 1.29 is 24.5 Å². The molecule has 0 bridgehead atoms. The summed E-state index contributed by atoms with van der Waals surface area (Å²) in [5, 5.41) is 4.70. The third-order valence-corrected chi connectivity index (χ3v) is 6.84. The number of hydrogen-bond acceptors (Lipinski definition) is 4. The Kier molecular flexibility index (Phi) is 4.49. The second kappa shape index (κ2) is 6.66. The van der Waals surface area contributed by atoms with Crippen LogP contribution in [0.15, 0.2) is 12.1 Å². The number of likely N-dealkylation sites (tertiary alicyclic amines) is 1. The number of aryl methyl sites for hydroxylation is 1. The summed E-state index contributed by atoms with van der Waals surface area (Å²) >= 11 is 0. The first kappa shape index (κ1) is 19.6. The second-order valence-corrected chi connectivity index (χ2v) is 8.44. The first-order valence-corrected chi connectivity index (χ1v) is 10.2. The molecule has 2 saturated heterocycles. The van der Waals surface area contributed by atoms with Crippen molar-refractivity contribution in [3.63, 3.8) is 0 Å². The lowest BCUT2D eigenvalue weighted by molar-refractivity contribution is -0.732. The molecular weight excluding hydrogens is 372 g/mol. The van der Waals surface area contributed by atoms with Gasteiger partial charge in [-0.15, -0.1) is 0 Å². The molecule has 3 heterocycles. The summed E-state index contributed by atoms with van der Waals surface area (Å²) in [6.45, 7) is 6.21. The zero-order valence-corrected chi connectivity index (χ0v) is 17.0. The number of amides is 4. The number of nitrogens with one attached hydrogen (secondary N) is 1. The van der Waals surface area contributed by atoms with Crippen molar-refractivity contribution in [2.24, 2.45) is 17.6 Å². The molecule has 1 aromatic carbocycles. The number of imide groups is 1. The van der Waals surface area contributed by atoms with E-state index in [1.54, 1.807) is 5.32 Å². The fourth-order valence-electron chi connectivity index (χ4n) is 5.30. The topological polar surface area (TPSA) is 126 Å². The van der Waals surface area contributed by atoms with Crippen LogP contribution in [0.1, 0.15) is 42.9 Å². The van der Waals surface area contributed by atoms with Gasteiger partial charge in [0, 0.05) is 12.1 Å². The highest BCUT2D eigenvalue weighted by Crippen LogP contribution is 2.50. The van der Waals surface area contributed by atoms with Crippen LogP contribution in [0.25, 0.3) is 0 Å². The highest BCUT2D eigenvalue weighted by Gasteiger charge is 2.74. The number of benzene rings is 1. The standard InChI is InChI=1S/C21H26N4O4/c1-4-5-8-25-18(27)15-13(9-14(22)26)24-21(16(15)19(25)28)12-7-6-10(2)11(3)17(12)23-20(21)29/h6-7,13,15-16,24H,4-5,8-9H2,1-3H3,(H2,22,26)(H,23,29)/p+1/t13-,15-,16+,21+/m1/s1. The third-order valence-electron chi connectivity index (χ3n) is 6.84. The second-order valence-electron chi connectivity index (χ2n) is 8.44. The Labute approximate surface area is 169 Å². The van der Waals surface area contributed by atoms with Gasteiger partial charge in [0.2, 0.25) is 23.3 Å². The maximum atomic E-state index is 13.4. The number of anilines is 1. The molecule has 4 rings (SSSR count). The van der Waals surface area contributed by atoms with E-state index in [1.165, 1.54) is 4.90 Å². The van der Waals surface area contributed by atoms with Crippen LogP contribution in [0.4, 0.5) is 5.69 Å². The average Bonchev–Trinajstić information content (AvgIpc) is 3.22. The van der Waals surface area contributed by atoms with Crippen LogP contribution in [0.5, 0.6) is 0 Å². The summed E-state index contributed by atoms with van der Waals surface area (Å²) in [5.41, 5.74) is 7.59. The number of nitrogens with zero attached hydrogens (tertiary/aromatic N) is 1. The van der Waals surface area contributed by atoms with Gasteiger partial charge in [0.1, 0.15) is 17.9 Å². The van der Waals surface area contributed by atoms with Gasteiger partial charge >= 0.3 is 0 Å². The minimum Gasteiger partial charge on any atom is -0.369 e. The molecule has 4 atom stereocenters. The lowest BCUT2D eigenvalue weighted by Gasteiger charge is -2.26. The number of nitrogens with two attached hydrogens (primary N) is 2. The van der Waals surface area contributed by atoms with Crippen LogP contribution in [0.3, 0.4) is 0 Å². The van der Waals surface area contributed by atoms with Gasteiger partial charge in [-0.05, 0) is 37.5 Å². The molecule has 1 spiro atoms. The summed E-state index contributed by atoms with van der Waals surface area (Å²) in [6, 6.07) is 3.25. The monoisotopic (exact) mass is 399 g/mol. The molecule has 3 aliphatic heterocycles. The molecule has 0 unspecified atom stereocenters. The highest BCUT2D eigenvalue weighted by atomic mass is 16.2. The van der Waals surface area contributed by atoms with Gasteiger partial charge in [-0.2, -0.15) is 0 Å². The minimum absolute atomic E-state index is 0.0585. The summed E-state index contributed by atoms with van der Waals surface area (Å²) < 4.78 is 0. The Bertz CT molecular complexity index is 943. The summed E-state index contributed by atoms with van der Waals surface area (Å²) in [5.74, 6) is -3.03. The number of quaternary nitrogens is 1. The number of unbranched alkanes of at least 4 members (excludes halogenated alkanes) is 1. The molecule has 1 aromatic rings. The zero-order chi connectivity index (χ0) is 21.1. The Morgan fingerprint density at radius 3 is 2.62 bits per heavy atom. The molecule has 0 aliphatic carbocycles. The largest absolute Gasteiger partial charge is 0.369 e. The van der Waals surface area contributed by atoms with E-state index >= 15 is 0 Å². The first-order chi connectivity index (χ1) is 13.7. The van der Waals surface area contributed by atoms with E-state index in [-0.39, 0.29) is 24.1 Å². The van der Waals surface area contributed by atoms with E-state index in [9.17, 15) is 19.2 Å².